The Morgan fingerprint density at radius 1 is 1.13 bits per heavy atom. The van der Waals surface area contributed by atoms with Crippen molar-refractivity contribution in [2.45, 2.75) is 39.3 Å². The molecule has 2 rings (SSSR count). The average Bonchev–Trinajstić information content (AvgIpc) is 2.79. The molecule has 23 heavy (non-hydrogen) atoms. The van der Waals surface area contributed by atoms with Crippen LogP contribution in [0.15, 0.2) is 18.3 Å². The van der Waals surface area contributed by atoms with E-state index in [9.17, 15) is 10.1 Å². The molecule has 2 aromatic rings. The molecule has 0 radical (unpaired) electrons. The molecule has 0 fully saturated rings. The summed E-state index contributed by atoms with van der Waals surface area (Å²) < 4.78 is 6.80. The van der Waals surface area contributed by atoms with Crippen molar-refractivity contribution in [3.05, 3.63) is 29.6 Å². The first-order chi connectivity index (χ1) is 10.5. The number of fused-ring (bicyclic) bond motifs is 1. The van der Waals surface area contributed by atoms with Gasteiger partial charge in [-0.1, -0.05) is 39.3 Å². The first-order valence-electron chi connectivity index (χ1n) is 7.69. The first kappa shape index (κ1) is 17.5. The van der Waals surface area contributed by atoms with E-state index in [4.69, 9.17) is 4.74 Å². The largest absolute Gasteiger partial charge is 0.465 e. The van der Waals surface area contributed by atoms with E-state index < -0.39 is 16.1 Å². The predicted octanol–water partition coefficient (Wildman–Crippen LogP) is 2.69. The molecule has 4 nitrogen and oxygen atoms in total. The van der Waals surface area contributed by atoms with Crippen molar-refractivity contribution in [2.75, 3.05) is 7.11 Å². The highest BCUT2D eigenvalue weighted by atomic mass is 28.3. The molecular formula is C17H24N2O2Si2. The van der Waals surface area contributed by atoms with Gasteiger partial charge in [-0.2, -0.15) is 5.26 Å². The molecule has 6 heteroatoms. The molecule has 0 saturated carbocycles. The van der Waals surface area contributed by atoms with Crippen LogP contribution in [-0.4, -0.2) is 33.6 Å². The SMILES string of the molecule is COC(=O)c1ccn2c(C#N)c([Si](C)(C)C)c([Si](C)(C)C)c2c1. The van der Waals surface area contributed by atoms with Crippen LogP contribution in [0.4, 0.5) is 0 Å². The molecule has 0 bridgehead atoms. The van der Waals surface area contributed by atoms with Crippen molar-refractivity contribution in [3.63, 3.8) is 0 Å². The number of hydrogen-bond donors (Lipinski definition) is 0. The lowest BCUT2D eigenvalue weighted by molar-refractivity contribution is 0.0600. The summed E-state index contributed by atoms with van der Waals surface area (Å²) in [4.78, 5) is 11.9. The zero-order valence-corrected chi connectivity index (χ0v) is 16.9. The number of esters is 1. The summed E-state index contributed by atoms with van der Waals surface area (Å²) in [5.41, 5.74) is 2.25. The number of rotatable bonds is 3. The highest BCUT2D eigenvalue weighted by Crippen LogP contribution is 2.18. The van der Waals surface area contributed by atoms with Crippen LogP contribution in [0.25, 0.3) is 5.52 Å². The number of carbonyl (C=O) groups is 1. The summed E-state index contributed by atoms with van der Waals surface area (Å²) in [6.07, 6.45) is 1.83. The number of pyridine rings is 1. The topological polar surface area (TPSA) is 54.5 Å². The van der Waals surface area contributed by atoms with Gasteiger partial charge in [0.05, 0.1) is 28.8 Å². The average molecular weight is 345 g/mol. The fraction of sp³-hybridized carbons (Fsp3) is 0.412. The van der Waals surface area contributed by atoms with Crippen molar-refractivity contribution in [1.82, 2.24) is 4.40 Å². The van der Waals surface area contributed by atoms with Gasteiger partial charge in [-0.25, -0.2) is 4.79 Å². The van der Waals surface area contributed by atoms with Crippen molar-refractivity contribution in [1.29, 1.82) is 5.26 Å². The van der Waals surface area contributed by atoms with Crippen LogP contribution in [0.3, 0.4) is 0 Å². The maximum atomic E-state index is 11.9. The molecule has 0 aromatic carbocycles. The highest BCUT2D eigenvalue weighted by Gasteiger charge is 2.35. The Hall–Kier alpha value is -1.85. The van der Waals surface area contributed by atoms with Crippen molar-refractivity contribution >= 4 is 38.0 Å². The smallest absolute Gasteiger partial charge is 0.337 e. The van der Waals surface area contributed by atoms with E-state index in [2.05, 4.69) is 45.4 Å². The van der Waals surface area contributed by atoms with Gasteiger partial charge in [0.25, 0.3) is 0 Å². The maximum Gasteiger partial charge on any atom is 0.337 e. The van der Waals surface area contributed by atoms with Gasteiger partial charge in [-0.15, -0.1) is 0 Å². The fourth-order valence-electron chi connectivity index (χ4n) is 3.10. The third-order valence-electron chi connectivity index (χ3n) is 3.97. The zero-order valence-electron chi connectivity index (χ0n) is 14.9. The van der Waals surface area contributed by atoms with E-state index in [1.54, 1.807) is 6.07 Å². The number of aromatic nitrogens is 1. The van der Waals surface area contributed by atoms with E-state index >= 15 is 0 Å². The lowest BCUT2D eigenvalue weighted by atomic mass is 10.2. The summed E-state index contributed by atoms with van der Waals surface area (Å²) in [7, 11) is -2.03. The quantitative estimate of drug-likeness (QED) is 0.635. The monoisotopic (exact) mass is 344 g/mol. The zero-order chi connectivity index (χ0) is 17.6. The maximum absolute atomic E-state index is 11.9. The third-order valence-corrected chi connectivity index (χ3v) is 8.21. The summed E-state index contributed by atoms with van der Waals surface area (Å²) in [5, 5.41) is 12.3. The van der Waals surface area contributed by atoms with Gasteiger partial charge in [0.1, 0.15) is 11.8 Å². The van der Waals surface area contributed by atoms with Crippen LogP contribution in [0, 0.1) is 11.3 Å². The van der Waals surface area contributed by atoms with Crippen LogP contribution in [0.2, 0.25) is 39.3 Å². The second kappa shape index (κ2) is 5.66. The lowest BCUT2D eigenvalue weighted by Gasteiger charge is -2.24. The van der Waals surface area contributed by atoms with Gasteiger partial charge in [0, 0.05) is 11.7 Å². The van der Waals surface area contributed by atoms with Crippen LogP contribution < -0.4 is 10.4 Å². The summed E-state index contributed by atoms with van der Waals surface area (Å²) in [5.74, 6) is -0.344. The van der Waals surface area contributed by atoms with Gasteiger partial charge in [-0.05, 0) is 22.5 Å². The van der Waals surface area contributed by atoms with Crippen LogP contribution in [-0.2, 0) is 4.74 Å². The van der Waals surface area contributed by atoms with Gasteiger partial charge in [0.15, 0.2) is 0 Å². The Bertz CT molecular complexity index is 818. The lowest BCUT2D eigenvalue weighted by Crippen LogP contribution is -2.55. The minimum atomic E-state index is -1.71. The molecule has 0 atom stereocenters. The van der Waals surface area contributed by atoms with Crippen LogP contribution in [0.5, 0.6) is 0 Å². The molecule has 0 N–H and O–H groups in total. The third kappa shape index (κ3) is 2.99. The van der Waals surface area contributed by atoms with Crippen LogP contribution in [0.1, 0.15) is 16.1 Å². The van der Waals surface area contributed by atoms with E-state index in [-0.39, 0.29) is 5.97 Å². The standard InChI is InChI=1S/C17H24N2O2Si2/c1-21-17(20)12-8-9-19-13(10-12)15(22(2,3)4)16(14(19)11-18)23(5,6)7/h8-10H,1-7H3. The molecule has 2 heterocycles. The van der Waals surface area contributed by atoms with Gasteiger partial charge >= 0.3 is 5.97 Å². The molecule has 0 unspecified atom stereocenters. The molecular weight excluding hydrogens is 320 g/mol. The summed E-state index contributed by atoms with van der Waals surface area (Å²) in [6.45, 7) is 13.7. The van der Waals surface area contributed by atoms with E-state index in [1.165, 1.54) is 17.5 Å². The number of nitriles is 1. The molecule has 0 aliphatic carbocycles. The Kier molecular flexibility index (Phi) is 4.31. The second-order valence-electron chi connectivity index (χ2n) is 7.87. The Morgan fingerprint density at radius 2 is 1.70 bits per heavy atom. The van der Waals surface area contributed by atoms with Gasteiger partial charge in [0.2, 0.25) is 0 Å². The number of ether oxygens (including phenoxy) is 1. The van der Waals surface area contributed by atoms with Gasteiger partial charge < -0.3 is 9.14 Å². The highest BCUT2D eigenvalue weighted by molar-refractivity contribution is 7.00. The van der Waals surface area contributed by atoms with E-state index in [0.29, 0.717) is 5.56 Å². The molecule has 0 amide bonds. The number of hydrogen-bond acceptors (Lipinski definition) is 3. The number of carbonyl (C=O) groups excluding carboxylic acids is 1. The van der Waals surface area contributed by atoms with Crippen molar-refractivity contribution in [2.24, 2.45) is 0 Å². The summed E-state index contributed by atoms with van der Waals surface area (Å²) >= 11 is 0. The molecule has 0 aliphatic heterocycles. The molecule has 0 spiro atoms. The Balaban J connectivity index is 3.00. The minimum Gasteiger partial charge on any atom is -0.465 e. The Labute approximate surface area is 139 Å². The van der Waals surface area contributed by atoms with Gasteiger partial charge in [-0.3, -0.25) is 0 Å². The predicted molar refractivity (Wildman–Crippen MR) is 99.4 cm³/mol. The molecule has 0 aliphatic rings. The molecule has 0 saturated heterocycles. The van der Waals surface area contributed by atoms with E-state index in [0.717, 1.165) is 11.2 Å². The fourth-order valence-corrected chi connectivity index (χ4v) is 8.94. The Morgan fingerprint density at radius 3 is 2.13 bits per heavy atom. The molecule has 122 valence electrons. The van der Waals surface area contributed by atoms with E-state index in [1.807, 2.05) is 16.7 Å². The van der Waals surface area contributed by atoms with Crippen molar-refractivity contribution in [3.8, 4) is 6.07 Å². The van der Waals surface area contributed by atoms with Crippen LogP contribution >= 0.6 is 0 Å². The minimum absolute atomic E-state index is 0.344. The number of methoxy groups -OCH3 is 1. The number of nitrogens with zero attached hydrogens (tertiary/aromatic N) is 2. The summed E-state index contributed by atoms with van der Waals surface area (Å²) in [6, 6.07) is 6.01. The molecule has 2 aromatic heterocycles. The first-order valence-corrected chi connectivity index (χ1v) is 14.7. The van der Waals surface area contributed by atoms with Crippen molar-refractivity contribution < 1.29 is 9.53 Å². The second-order valence-corrected chi connectivity index (χ2v) is 17.9. The normalized spacial score (nSPS) is 12.3.